The lowest BCUT2D eigenvalue weighted by Gasteiger charge is -2.14. The van der Waals surface area contributed by atoms with Gasteiger partial charge in [0, 0.05) is 18.6 Å². The van der Waals surface area contributed by atoms with Gasteiger partial charge < -0.3 is 10.8 Å². The van der Waals surface area contributed by atoms with Crippen LogP contribution in [0.25, 0.3) is 0 Å². The zero-order valence-corrected chi connectivity index (χ0v) is 15.7. The van der Waals surface area contributed by atoms with E-state index in [0.29, 0.717) is 5.56 Å². The number of nitrogens with two attached hydrogens (primary N) is 1. The Hall–Kier alpha value is -3.73. The van der Waals surface area contributed by atoms with Gasteiger partial charge in [0.2, 0.25) is 11.8 Å². The van der Waals surface area contributed by atoms with Gasteiger partial charge in [0.05, 0.1) is 16.8 Å². The van der Waals surface area contributed by atoms with Crippen molar-refractivity contribution in [2.75, 3.05) is 4.90 Å². The number of hydrogen-bond acceptors (Lipinski definition) is 8. The van der Waals surface area contributed by atoms with Gasteiger partial charge in [-0.2, -0.15) is 5.10 Å². The SMILES string of the molecule is NC(=NN=Cc1ccc(O)cc1)S[C@@H]1CC(=O)N(c2cccc([N+](=O)[O-])c2)C1=O. The molecule has 0 unspecified atom stereocenters. The maximum atomic E-state index is 12.6. The van der Waals surface area contributed by atoms with Crippen LogP contribution in [0.5, 0.6) is 5.75 Å². The Balaban J connectivity index is 1.68. The number of amidine groups is 1. The molecular weight excluding hydrogens is 398 g/mol. The first kappa shape index (κ1) is 20.0. The number of phenols is 1. The van der Waals surface area contributed by atoms with E-state index < -0.39 is 22.0 Å². The summed E-state index contributed by atoms with van der Waals surface area (Å²) >= 11 is 0.894. The van der Waals surface area contributed by atoms with E-state index in [-0.39, 0.29) is 28.7 Å². The van der Waals surface area contributed by atoms with Crippen LogP contribution >= 0.6 is 11.8 Å². The quantitative estimate of drug-likeness (QED) is 0.250. The van der Waals surface area contributed by atoms with Crippen molar-refractivity contribution in [2.45, 2.75) is 11.7 Å². The van der Waals surface area contributed by atoms with E-state index in [0.717, 1.165) is 16.7 Å². The molecule has 1 atom stereocenters. The highest BCUT2D eigenvalue weighted by Crippen LogP contribution is 2.31. The van der Waals surface area contributed by atoms with Gasteiger partial charge in [-0.1, -0.05) is 17.8 Å². The molecule has 1 saturated heterocycles. The van der Waals surface area contributed by atoms with E-state index in [2.05, 4.69) is 10.2 Å². The van der Waals surface area contributed by atoms with Crippen molar-refractivity contribution in [1.29, 1.82) is 0 Å². The van der Waals surface area contributed by atoms with Gasteiger partial charge in [0.25, 0.3) is 5.69 Å². The number of carbonyl (C=O) groups is 2. The number of imide groups is 1. The molecule has 3 N–H and O–H groups in total. The molecule has 1 aliphatic heterocycles. The van der Waals surface area contributed by atoms with Crippen molar-refractivity contribution in [1.82, 2.24) is 0 Å². The van der Waals surface area contributed by atoms with Crippen LogP contribution in [0.15, 0.2) is 58.7 Å². The van der Waals surface area contributed by atoms with E-state index in [1.54, 1.807) is 12.1 Å². The van der Waals surface area contributed by atoms with Crippen molar-refractivity contribution in [2.24, 2.45) is 15.9 Å². The number of nitro groups is 1. The first-order valence-corrected chi connectivity index (χ1v) is 9.16. The van der Waals surface area contributed by atoms with Crippen LogP contribution < -0.4 is 10.6 Å². The second-order valence-corrected chi connectivity index (χ2v) is 7.15. The number of amides is 2. The molecule has 0 radical (unpaired) electrons. The van der Waals surface area contributed by atoms with E-state index in [4.69, 9.17) is 5.73 Å². The summed E-state index contributed by atoms with van der Waals surface area (Å²) < 4.78 is 0. The van der Waals surface area contributed by atoms with Crippen LogP contribution in [0, 0.1) is 10.1 Å². The van der Waals surface area contributed by atoms with Crippen molar-refractivity contribution in [3.8, 4) is 5.75 Å². The highest BCUT2D eigenvalue weighted by molar-refractivity contribution is 8.14. The Kier molecular flexibility index (Phi) is 5.88. The number of hydrogen-bond donors (Lipinski definition) is 2. The number of carbonyl (C=O) groups excluding carboxylic acids is 2. The lowest BCUT2D eigenvalue weighted by molar-refractivity contribution is -0.384. The molecule has 2 aromatic carbocycles. The molecule has 0 aromatic heterocycles. The Bertz CT molecular complexity index is 1020. The summed E-state index contributed by atoms with van der Waals surface area (Å²) in [6.45, 7) is 0. The average molecular weight is 413 g/mol. The van der Waals surface area contributed by atoms with Crippen molar-refractivity contribution < 1.29 is 19.6 Å². The topological polar surface area (TPSA) is 151 Å². The summed E-state index contributed by atoms with van der Waals surface area (Å²) in [5, 5.41) is 27.0. The number of non-ortho nitro benzene ring substituents is 1. The van der Waals surface area contributed by atoms with Gasteiger partial charge in [-0.15, -0.1) is 5.10 Å². The second-order valence-electron chi connectivity index (χ2n) is 5.93. The zero-order valence-electron chi connectivity index (χ0n) is 14.8. The molecule has 2 aromatic rings. The summed E-state index contributed by atoms with van der Waals surface area (Å²) in [5.74, 6) is -0.881. The summed E-state index contributed by atoms with van der Waals surface area (Å²) in [6, 6.07) is 11.6. The van der Waals surface area contributed by atoms with E-state index >= 15 is 0 Å². The first-order chi connectivity index (χ1) is 13.8. The van der Waals surface area contributed by atoms with E-state index in [1.165, 1.54) is 42.6 Å². The molecule has 1 aliphatic rings. The van der Waals surface area contributed by atoms with Crippen LogP contribution in [-0.4, -0.2) is 38.5 Å². The molecule has 29 heavy (non-hydrogen) atoms. The molecule has 0 bridgehead atoms. The van der Waals surface area contributed by atoms with Crippen LogP contribution in [-0.2, 0) is 9.59 Å². The first-order valence-electron chi connectivity index (χ1n) is 8.28. The fraction of sp³-hybridized carbons (Fsp3) is 0.111. The molecular formula is C18H15N5O5S. The number of nitro benzene ring substituents is 1. The van der Waals surface area contributed by atoms with Crippen LogP contribution in [0.4, 0.5) is 11.4 Å². The summed E-state index contributed by atoms with van der Waals surface area (Å²) in [6.07, 6.45) is 1.31. The Morgan fingerprint density at radius 2 is 2.00 bits per heavy atom. The minimum atomic E-state index is -0.797. The second kappa shape index (κ2) is 8.52. The molecule has 0 saturated carbocycles. The molecule has 0 aliphatic carbocycles. The summed E-state index contributed by atoms with van der Waals surface area (Å²) in [5.41, 5.74) is 6.39. The Labute approximate surface area is 168 Å². The van der Waals surface area contributed by atoms with Gasteiger partial charge >= 0.3 is 0 Å². The lowest BCUT2D eigenvalue weighted by Crippen LogP contribution is -2.31. The molecule has 2 amide bonds. The molecule has 1 fully saturated rings. The third-order valence-electron chi connectivity index (χ3n) is 3.92. The maximum Gasteiger partial charge on any atom is 0.271 e. The molecule has 0 spiro atoms. The largest absolute Gasteiger partial charge is 0.508 e. The highest BCUT2D eigenvalue weighted by atomic mass is 32.2. The number of thioether (sulfide) groups is 1. The van der Waals surface area contributed by atoms with Crippen molar-refractivity contribution in [3.05, 3.63) is 64.2 Å². The van der Waals surface area contributed by atoms with Crippen molar-refractivity contribution in [3.63, 3.8) is 0 Å². The maximum absolute atomic E-state index is 12.6. The summed E-state index contributed by atoms with van der Waals surface area (Å²) in [7, 11) is 0. The third kappa shape index (κ3) is 4.76. The summed E-state index contributed by atoms with van der Waals surface area (Å²) in [4.78, 5) is 36.1. The third-order valence-corrected chi connectivity index (χ3v) is 4.90. The minimum Gasteiger partial charge on any atom is -0.508 e. The number of benzene rings is 2. The minimum absolute atomic E-state index is 0.00734. The predicted molar refractivity (Wildman–Crippen MR) is 109 cm³/mol. The number of phenolic OH excluding ortho intramolecular Hbond substituents is 1. The Morgan fingerprint density at radius 1 is 1.28 bits per heavy atom. The molecule has 3 rings (SSSR count). The smallest absolute Gasteiger partial charge is 0.271 e. The molecule has 11 heteroatoms. The van der Waals surface area contributed by atoms with Crippen LogP contribution in [0.1, 0.15) is 12.0 Å². The number of rotatable bonds is 5. The van der Waals surface area contributed by atoms with Gasteiger partial charge in [0.1, 0.15) is 11.0 Å². The fourth-order valence-electron chi connectivity index (χ4n) is 2.60. The highest BCUT2D eigenvalue weighted by Gasteiger charge is 2.41. The number of anilines is 1. The van der Waals surface area contributed by atoms with Gasteiger partial charge in [-0.05, 0) is 35.9 Å². The molecule has 10 nitrogen and oxygen atoms in total. The predicted octanol–water partition coefficient (Wildman–Crippen LogP) is 2.01. The lowest BCUT2D eigenvalue weighted by atomic mass is 10.2. The van der Waals surface area contributed by atoms with Crippen molar-refractivity contribution >= 4 is 46.3 Å². The number of nitrogens with zero attached hydrogens (tertiary/aromatic N) is 4. The van der Waals surface area contributed by atoms with Gasteiger partial charge in [-0.25, -0.2) is 4.90 Å². The van der Waals surface area contributed by atoms with Gasteiger partial charge in [-0.3, -0.25) is 19.7 Å². The number of aromatic hydroxyl groups is 1. The molecule has 148 valence electrons. The standard InChI is InChI=1S/C18H15N5O5S/c19-18(21-20-10-11-4-6-14(24)7-5-11)29-15-9-16(25)22(17(15)26)12-2-1-3-13(8-12)23(27)28/h1-8,10,15,24H,9H2,(H2,19,21)/t15-/m1/s1. The van der Waals surface area contributed by atoms with Crippen LogP contribution in [0.2, 0.25) is 0 Å². The Morgan fingerprint density at radius 3 is 2.69 bits per heavy atom. The van der Waals surface area contributed by atoms with E-state index in [9.17, 15) is 24.8 Å². The van der Waals surface area contributed by atoms with Gasteiger partial charge in [0.15, 0.2) is 5.17 Å². The monoisotopic (exact) mass is 413 g/mol. The van der Waals surface area contributed by atoms with E-state index in [1.807, 2.05) is 0 Å². The van der Waals surface area contributed by atoms with Crippen LogP contribution in [0.3, 0.4) is 0 Å². The molecule has 1 heterocycles. The average Bonchev–Trinajstić information content (AvgIpc) is 2.96. The fourth-order valence-corrected chi connectivity index (χ4v) is 3.41. The normalized spacial score (nSPS) is 17.3. The zero-order chi connectivity index (χ0) is 21.0.